The predicted molar refractivity (Wildman–Crippen MR) is 110 cm³/mol. The van der Waals surface area contributed by atoms with Crippen LogP contribution in [0.5, 0.6) is 0 Å². The SMILES string of the molecule is C/C=C\N(C)C(=NC)NNc1ccc(NCC(C)(C)CNC)cc1C. The Balaban J connectivity index is 2.67. The van der Waals surface area contributed by atoms with Gasteiger partial charge in [0.15, 0.2) is 0 Å². The predicted octanol–water partition coefficient (Wildman–Crippen LogP) is 3.02. The van der Waals surface area contributed by atoms with Crippen LogP contribution in [-0.2, 0) is 0 Å². The Labute approximate surface area is 152 Å². The zero-order chi connectivity index (χ0) is 18.9. The van der Waals surface area contributed by atoms with Gasteiger partial charge in [0.25, 0.3) is 0 Å². The van der Waals surface area contributed by atoms with Crippen LogP contribution in [0.3, 0.4) is 0 Å². The van der Waals surface area contributed by atoms with Crippen molar-refractivity contribution in [2.75, 3.05) is 45.0 Å². The molecule has 0 aliphatic heterocycles. The summed E-state index contributed by atoms with van der Waals surface area (Å²) in [6.07, 6.45) is 3.91. The lowest BCUT2D eigenvalue weighted by molar-refractivity contribution is 0.376. The Bertz CT molecular complexity index is 592. The van der Waals surface area contributed by atoms with E-state index in [-0.39, 0.29) is 5.41 Å². The van der Waals surface area contributed by atoms with E-state index in [1.807, 2.05) is 38.2 Å². The number of aliphatic imine (C=N–C) groups is 1. The van der Waals surface area contributed by atoms with Crippen LogP contribution in [0.1, 0.15) is 26.3 Å². The molecule has 4 N–H and O–H groups in total. The molecule has 0 heterocycles. The lowest BCUT2D eigenvalue weighted by atomic mass is 9.93. The molecule has 0 saturated carbocycles. The van der Waals surface area contributed by atoms with Gasteiger partial charge in [0.05, 0.1) is 5.69 Å². The molecule has 140 valence electrons. The van der Waals surface area contributed by atoms with Crippen LogP contribution < -0.4 is 21.5 Å². The van der Waals surface area contributed by atoms with Crippen LogP contribution in [0.15, 0.2) is 35.5 Å². The number of nitrogens with zero attached hydrogens (tertiary/aromatic N) is 2. The number of guanidine groups is 1. The average Bonchev–Trinajstić information content (AvgIpc) is 2.55. The van der Waals surface area contributed by atoms with Gasteiger partial charge in [-0.3, -0.25) is 15.8 Å². The first-order valence-corrected chi connectivity index (χ1v) is 8.66. The van der Waals surface area contributed by atoms with Gasteiger partial charge in [-0.2, -0.15) is 0 Å². The van der Waals surface area contributed by atoms with Crippen molar-refractivity contribution >= 4 is 17.3 Å². The van der Waals surface area contributed by atoms with Gasteiger partial charge in [0.2, 0.25) is 5.96 Å². The maximum atomic E-state index is 4.24. The van der Waals surface area contributed by atoms with Gasteiger partial charge in [-0.05, 0) is 50.1 Å². The minimum Gasteiger partial charge on any atom is -0.384 e. The molecule has 1 rings (SSSR count). The molecule has 0 spiro atoms. The third kappa shape index (κ3) is 7.05. The van der Waals surface area contributed by atoms with E-state index in [2.05, 4.69) is 65.4 Å². The molecule has 0 aliphatic rings. The molecule has 1 aromatic rings. The first-order valence-electron chi connectivity index (χ1n) is 8.66. The van der Waals surface area contributed by atoms with Gasteiger partial charge < -0.3 is 15.5 Å². The van der Waals surface area contributed by atoms with Gasteiger partial charge in [-0.15, -0.1) is 0 Å². The number of hydrogen-bond donors (Lipinski definition) is 4. The average molecular weight is 347 g/mol. The summed E-state index contributed by atoms with van der Waals surface area (Å²) in [6.45, 7) is 10.4. The molecule has 0 aliphatic carbocycles. The number of rotatable bonds is 8. The summed E-state index contributed by atoms with van der Waals surface area (Å²) in [5.74, 6) is 0.744. The van der Waals surface area contributed by atoms with Crippen LogP contribution in [-0.4, -0.2) is 45.1 Å². The highest BCUT2D eigenvalue weighted by molar-refractivity contribution is 5.82. The second kappa shape index (κ2) is 9.93. The van der Waals surface area contributed by atoms with Gasteiger partial charge in [-0.1, -0.05) is 19.9 Å². The summed E-state index contributed by atoms with van der Waals surface area (Å²) in [5.41, 5.74) is 9.89. The summed E-state index contributed by atoms with van der Waals surface area (Å²) in [7, 11) is 5.70. The molecule has 0 unspecified atom stereocenters. The first-order chi connectivity index (χ1) is 11.8. The highest BCUT2D eigenvalue weighted by Gasteiger charge is 2.16. The molecule has 0 aromatic heterocycles. The molecule has 0 bridgehead atoms. The molecule has 6 nitrogen and oxygen atoms in total. The normalized spacial score (nSPS) is 12.4. The highest BCUT2D eigenvalue weighted by atomic mass is 15.5. The molecular weight excluding hydrogens is 312 g/mol. The van der Waals surface area contributed by atoms with Crippen molar-refractivity contribution in [2.24, 2.45) is 10.4 Å². The van der Waals surface area contributed by atoms with Crippen molar-refractivity contribution in [1.29, 1.82) is 0 Å². The van der Waals surface area contributed by atoms with E-state index in [1.165, 1.54) is 0 Å². The Morgan fingerprint density at radius 1 is 1.28 bits per heavy atom. The Hall–Kier alpha value is -2.21. The number of benzene rings is 1. The van der Waals surface area contributed by atoms with Crippen LogP contribution in [0, 0.1) is 12.3 Å². The molecule has 6 heteroatoms. The molecule has 0 fully saturated rings. The van der Waals surface area contributed by atoms with Crippen molar-refractivity contribution in [2.45, 2.75) is 27.7 Å². The quantitative estimate of drug-likeness (QED) is 0.331. The second-order valence-electron chi connectivity index (χ2n) is 6.97. The van der Waals surface area contributed by atoms with Crippen LogP contribution in [0.25, 0.3) is 0 Å². The monoisotopic (exact) mass is 346 g/mol. The second-order valence-corrected chi connectivity index (χ2v) is 6.97. The third-order valence-electron chi connectivity index (χ3n) is 3.88. The number of allylic oxidation sites excluding steroid dienone is 1. The zero-order valence-corrected chi connectivity index (χ0v) is 16.7. The number of anilines is 2. The maximum Gasteiger partial charge on any atom is 0.216 e. The van der Waals surface area contributed by atoms with E-state index >= 15 is 0 Å². The van der Waals surface area contributed by atoms with E-state index < -0.39 is 0 Å². The highest BCUT2D eigenvalue weighted by Crippen LogP contribution is 2.21. The fraction of sp³-hybridized carbons (Fsp3) is 0.526. The molecular formula is C19H34N6. The smallest absolute Gasteiger partial charge is 0.216 e. The molecule has 25 heavy (non-hydrogen) atoms. The van der Waals surface area contributed by atoms with E-state index in [0.717, 1.165) is 36.0 Å². The molecule has 0 amide bonds. The van der Waals surface area contributed by atoms with Crippen molar-refractivity contribution in [3.05, 3.63) is 36.0 Å². The lowest BCUT2D eigenvalue weighted by Gasteiger charge is -2.25. The summed E-state index contributed by atoms with van der Waals surface area (Å²) in [5, 5.41) is 6.76. The van der Waals surface area contributed by atoms with E-state index in [4.69, 9.17) is 0 Å². The summed E-state index contributed by atoms with van der Waals surface area (Å²) in [6, 6.07) is 6.31. The number of nitrogens with one attached hydrogen (secondary N) is 4. The van der Waals surface area contributed by atoms with Crippen LogP contribution >= 0.6 is 0 Å². The van der Waals surface area contributed by atoms with E-state index in [0.29, 0.717) is 0 Å². The maximum absolute atomic E-state index is 4.24. The minimum absolute atomic E-state index is 0.199. The van der Waals surface area contributed by atoms with Gasteiger partial charge in [0, 0.05) is 39.1 Å². The molecule has 0 atom stereocenters. The van der Waals surface area contributed by atoms with Gasteiger partial charge in [0.1, 0.15) is 0 Å². The van der Waals surface area contributed by atoms with Gasteiger partial charge >= 0.3 is 0 Å². The first kappa shape index (κ1) is 20.8. The van der Waals surface area contributed by atoms with Crippen molar-refractivity contribution in [1.82, 2.24) is 15.6 Å². The number of hydrogen-bond acceptors (Lipinski definition) is 4. The Kier molecular flexibility index (Phi) is 8.28. The van der Waals surface area contributed by atoms with Crippen LogP contribution in [0.4, 0.5) is 11.4 Å². The van der Waals surface area contributed by atoms with E-state index in [1.54, 1.807) is 7.05 Å². The van der Waals surface area contributed by atoms with Crippen molar-refractivity contribution < 1.29 is 0 Å². The van der Waals surface area contributed by atoms with Crippen LogP contribution in [0.2, 0.25) is 0 Å². The summed E-state index contributed by atoms with van der Waals surface area (Å²) >= 11 is 0. The zero-order valence-electron chi connectivity index (χ0n) is 16.7. The molecule has 0 saturated heterocycles. The topological polar surface area (TPSA) is 63.7 Å². The standard InChI is InChI=1S/C19H34N6/c1-8-11-25(7)18(21-6)24-23-17-10-9-16(12-15(17)2)22-14-19(3,4)13-20-5/h8-12,20,22-23H,13-14H2,1-7H3,(H,21,24)/b11-8-. The van der Waals surface area contributed by atoms with Crippen molar-refractivity contribution in [3.8, 4) is 0 Å². The molecule has 0 radical (unpaired) electrons. The minimum atomic E-state index is 0.199. The fourth-order valence-electron chi connectivity index (χ4n) is 2.52. The molecule has 1 aromatic carbocycles. The fourth-order valence-corrected chi connectivity index (χ4v) is 2.52. The lowest BCUT2D eigenvalue weighted by Crippen LogP contribution is -2.39. The number of aryl methyl sites for hydroxylation is 1. The van der Waals surface area contributed by atoms with Crippen molar-refractivity contribution in [3.63, 3.8) is 0 Å². The Morgan fingerprint density at radius 3 is 2.56 bits per heavy atom. The summed E-state index contributed by atoms with van der Waals surface area (Å²) in [4.78, 5) is 6.16. The number of hydrazine groups is 1. The largest absolute Gasteiger partial charge is 0.384 e. The Morgan fingerprint density at radius 2 is 2.00 bits per heavy atom. The third-order valence-corrected chi connectivity index (χ3v) is 3.88. The van der Waals surface area contributed by atoms with E-state index in [9.17, 15) is 0 Å². The summed E-state index contributed by atoms with van der Waals surface area (Å²) < 4.78 is 0. The van der Waals surface area contributed by atoms with Gasteiger partial charge in [-0.25, -0.2) is 0 Å².